The van der Waals surface area contributed by atoms with Gasteiger partial charge in [-0.25, -0.2) is 0 Å². The van der Waals surface area contributed by atoms with Gasteiger partial charge in [-0.05, 0) is 54.6 Å². The third-order valence-corrected chi connectivity index (χ3v) is 3.59. The summed E-state index contributed by atoms with van der Waals surface area (Å²) in [6.07, 6.45) is 0. The Kier molecular flexibility index (Phi) is 4.21. The largest absolute Gasteiger partial charge is 0.342 e. The quantitative estimate of drug-likeness (QED) is 0.644. The van der Waals surface area contributed by atoms with E-state index in [1.807, 2.05) is 0 Å². The van der Waals surface area contributed by atoms with E-state index in [1.165, 1.54) is 22.3 Å². The fourth-order valence-corrected chi connectivity index (χ4v) is 2.14. The lowest BCUT2D eigenvalue weighted by Crippen LogP contribution is -2.34. The molecule has 17 heavy (non-hydrogen) atoms. The first-order valence-electron chi connectivity index (χ1n) is 5.76. The van der Waals surface area contributed by atoms with E-state index >= 15 is 0 Å². The Morgan fingerprint density at radius 3 is 2.35 bits per heavy atom. The number of rotatable bonds is 3. The second kappa shape index (κ2) is 5.09. The van der Waals surface area contributed by atoms with Crippen molar-refractivity contribution in [1.29, 1.82) is 0 Å². The third-order valence-electron chi connectivity index (χ3n) is 3.46. The van der Waals surface area contributed by atoms with Crippen LogP contribution in [0.15, 0.2) is 12.1 Å². The van der Waals surface area contributed by atoms with Gasteiger partial charge in [0.1, 0.15) is 0 Å². The van der Waals surface area contributed by atoms with Gasteiger partial charge in [-0.2, -0.15) is 0 Å². The van der Waals surface area contributed by atoms with Crippen LogP contribution in [0.2, 0.25) is 0 Å². The highest BCUT2D eigenvalue weighted by Crippen LogP contribution is 2.28. The predicted molar refractivity (Wildman–Crippen MR) is 72.9 cm³/mol. The molecule has 0 fully saturated rings. The Bertz CT molecular complexity index is 438. The van der Waals surface area contributed by atoms with E-state index < -0.39 is 5.37 Å². The number of benzene rings is 1. The molecule has 1 rings (SSSR count). The van der Waals surface area contributed by atoms with Gasteiger partial charge in [-0.3, -0.25) is 4.79 Å². The van der Waals surface area contributed by atoms with Crippen LogP contribution < -0.4 is 5.32 Å². The van der Waals surface area contributed by atoms with Crippen molar-refractivity contribution in [3.63, 3.8) is 0 Å². The van der Waals surface area contributed by atoms with Gasteiger partial charge in [0.2, 0.25) is 0 Å². The number of carbonyl (C=O) groups is 1. The zero-order valence-electron chi connectivity index (χ0n) is 11.1. The molecular weight excluding hydrogens is 234 g/mol. The molecule has 0 bridgehead atoms. The van der Waals surface area contributed by atoms with Crippen molar-refractivity contribution in [1.82, 2.24) is 5.32 Å². The minimum Gasteiger partial charge on any atom is -0.342 e. The van der Waals surface area contributed by atoms with E-state index in [2.05, 4.69) is 52.1 Å². The molecule has 0 aromatic heterocycles. The van der Waals surface area contributed by atoms with E-state index in [9.17, 15) is 4.79 Å². The van der Waals surface area contributed by atoms with Crippen LogP contribution in [0, 0.1) is 20.8 Å². The van der Waals surface area contributed by atoms with E-state index in [0.717, 1.165) is 0 Å². The van der Waals surface area contributed by atoms with Crippen molar-refractivity contribution in [3.05, 3.63) is 34.4 Å². The molecule has 0 saturated heterocycles. The van der Waals surface area contributed by atoms with Gasteiger partial charge in [0.15, 0.2) is 0 Å². The summed E-state index contributed by atoms with van der Waals surface area (Å²) in [5.41, 5.74) is 5.04. The van der Waals surface area contributed by atoms with Gasteiger partial charge in [-0.1, -0.05) is 26.0 Å². The number of aryl methyl sites for hydroxylation is 1. The molecule has 0 aliphatic carbocycles. The average molecular weight is 254 g/mol. The normalized spacial score (nSPS) is 11.4. The van der Waals surface area contributed by atoms with Crippen LogP contribution in [0.3, 0.4) is 0 Å². The second-order valence-electron chi connectivity index (χ2n) is 5.19. The molecule has 0 saturated carbocycles. The summed E-state index contributed by atoms with van der Waals surface area (Å²) in [5.74, 6) is 0. The number of hydrogen-bond donors (Lipinski definition) is 1. The average Bonchev–Trinajstić information content (AvgIpc) is 2.23. The maximum Gasteiger partial charge on any atom is 0.313 e. The van der Waals surface area contributed by atoms with Crippen molar-refractivity contribution in [3.8, 4) is 0 Å². The van der Waals surface area contributed by atoms with E-state index in [0.29, 0.717) is 6.54 Å². The smallest absolute Gasteiger partial charge is 0.313 e. The maximum absolute atomic E-state index is 10.8. The van der Waals surface area contributed by atoms with Crippen LogP contribution >= 0.6 is 11.6 Å². The highest BCUT2D eigenvalue weighted by Gasteiger charge is 2.23. The van der Waals surface area contributed by atoms with Crippen molar-refractivity contribution in [2.45, 2.75) is 40.0 Å². The van der Waals surface area contributed by atoms with Gasteiger partial charge < -0.3 is 5.32 Å². The molecule has 0 aliphatic heterocycles. The Morgan fingerprint density at radius 2 is 1.82 bits per heavy atom. The summed E-state index contributed by atoms with van der Waals surface area (Å²) in [7, 11) is 0. The molecule has 0 spiro atoms. The molecule has 3 heteroatoms. The molecule has 2 nitrogen and oxygen atoms in total. The molecule has 1 N–H and O–H groups in total. The monoisotopic (exact) mass is 253 g/mol. The first-order valence-corrected chi connectivity index (χ1v) is 6.14. The summed E-state index contributed by atoms with van der Waals surface area (Å²) in [6.45, 7) is 11.1. The van der Waals surface area contributed by atoms with Crippen LogP contribution in [0.1, 0.15) is 36.1 Å². The highest BCUT2D eigenvalue weighted by molar-refractivity contribution is 6.62. The summed E-state index contributed by atoms with van der Waals surface area (Å²) in [4.78, 5) is 10.8. The summed E-state index contributed by atoms with van der Waals surface area (Å²) in [5, 5.41) is 2.17. The zero-order valence-corrected chi connectivity index (χ0v) is 11.9. The summed E-state index contributed by atoms with van der Waals surface area (Å²) < 4.78 is 0. The lowest BCUT2D eigenvalue weighted by atomic mass is 9.80. The van der Waals surface area contributed by atoms with Crippen molar-refractivity contribution in [2.75, 3.05) is 6.54 Å². The van der Waals surface area contributed by atoms with Crippen molar-refractivity contribution < 1.29 is 4.79 Å². The Hall–Kier alpha value is -1.02. The topological polar surface area (TPSA) is 29.1 Å². The lowest BCUT2D eigenvalue weighted by Gasteiger charge is -2.28. The summed E-state index contributed by atoms with van der Waals surface area (Å²) in [6, 6.07) is 4.26. The van der Waals surface area contributed by atoms with Gasteiger partial charge in [0, 0.05) is 12.0 Å². The molecule has 1 amide bonds. The minimum absolute atomic E-state index is 0.118. The standard InChI is InChI=1S/C14H20ClNO/c1-9-6-7-12(11(3)10(9)2)14(4,5)8-16-13(15)17/h6-7H,8H2,1-5H3,(H,16,17). The molecule has 1 aromatic rings. The number of amides is 1. The minimum atomic E-state index is -0.500. The molecular formula is C14H20ClNO. The predicted octanol–water partition coefficient (Wildman–Crippen LogP) is 3.84. The Balaban J connectivity index is 3.06. The number of carbonyl (C=O) groups excluding carboxylic acids is 1. The fourth-order valence-electron chi connectivity index (χ4n) is 2.07. The van der Waals surface area contributed by atoms with E-state index in [4.69, 9.17) is 11.6 Å². The SMILES string of the molecule is Cc1ccc(C(C)(C)CNC(=O)Cl)c(C)c1C. The number of nitrogens with one attached hydrogen (secondary N) is 1. The first-order chi connectivity index (χ1) is 7.75. The molecule has 0 heterocycles. The van der Waals surface area contributed by atoms with Gasteiger partial charge in [0.25, 0.3) is 0 Å². The number of halogens is 1. The van der Waals surface area contributed by atoms with Gasteiger partial charge in [0.05, 0.1) is 0 Å². The maximum atomic E-state index is 10.8. The molecule has 94 valence electrons. The molecule has 0 unspecified atom stereocenters. The molecule has 0 atom stereocenters. The number of hydrogen-bond acceptors (Lipinski definition) is 1. The van der Waals surface area contributed by atoms with Crippen LogP contribution in [-0.2, 0) is 5.41 Å². The fraction of sp³-hybridized carbons (Fsp3) is 0.500. The van der Waals surface area contributed by atoms with Crippen LogP contribution in [-0.4, -0.2) is 11.9 Å². The lowest BCUT2D eigenvalue weighted by molar-refractivity contribution is 0.257. The van der Waals surface area contributed by atoms with Crippen LogP contribution in [0.4, 0.5) is 4.79 Å². The van der Waals surface area contributed by atoms with Crippen LogP contribution in [0.25, 0.3) is 0 Å². The summed E-state index contributed by atoms with van der Waals surface area (Å²) >= 11 is 5.32. The second-order valence-corrected chi connectivity index (χ2v) is 5.53. The van der Waals surface area contributed by atoms with E-state index in [-0.39, 0.29) is 5.41 Å². The highest BCUT2D eigenvalue weighted by atomic mass is 35.5. The third kappa shape index (κ3) is 3.22. The molecule has 0 aliphatic rings. The van der Waals surface area contributed by atoms with Gasteiger partial charge >= 0.3 is 5.37 Å². The molecule has 0 radical (unpaired) electrons. The molecule has 1 aromatic carbocycles. The Morgan fingerprint density at radius 1 is 1.24 bits per heavy atom. The van der Waals surface area contributed by atoms with Crippen molar-refractivity contribution in [2.24, 2.45) is 0 Å². The van der Waals surface area contributed by atoms with Gasteiger partial charge in [-0.15, -0.1) is 0 Å². The first kappa shape index (κ1) is 14.0. The zero-order chi connectivity index (χ0) is 13.2. The Labute approximate surface area is 108 Å². The van der Waals surface area contributed by atoms with E-state index in [1.54, 1.807) is 0 Å². The van der Waals surface area contributed by atoms with Crippen molar-refractivity contribution >= 4 is 17.0 Å². The van der Waals surface area contributed by atoms with Crippen LogP contribution in [0.5, 0.6) is 0 Å².